The molecule has 1 aliphatic carbocycles. The van der Waals surface area contributed by atoms with E-state index in [0.29, 0.717) is 18.2 Å². The molecule has 4 heteroatoms. The average Bonchev–Trinajstić information content (AvgIpc) is 2.31. The van der Waals surface area contributed by atoms with Crippen LogP contribution in [0.4, 0.5) is 13.2 Å². The van der Waals surface area contributed by atoms with Crippen molar-refractivity contribution in [1.29, 1.82) is 0 Å². The Bertz CT molecular complexity index is 410. The van der Waals surface area contributed by atoms with Crippen LogP contribution in [0.25, 0.3) is 0 Å². The van der Waals surface area contributed by atoms with Crippen LogP contribution < -0.4 is 5.32 Å². The highest BCUT2D eigenvalue weighted by Gasteiger charge is 2.30. The van der Waals surface area contributed by atoms with E-state index in [-0.39, 0.29) is 0 Å². The standard InChI is InChI=1S/C15H20F3N/c1-11(8-12-4-2-5-12)19-10-13-6-3-7-14(9-13)15(16,17)18/h3,6-7,9,11-12,19H,2,4-5,8,10H2,1H3. The molecule has 1 atom stereocenters. The van der Waals surface area contributed by atoms with Gasteiger partial charge in [0.2, 0.25) is 0 Å². The van der Waals surface area contributed by atoms with Crippen molar-refractivity contribution in [3.05, 3.63) is 35.4 Å². The minimum Gasteiger partial charge on any atom is -0.310 e. The fraction of sp³-hybridized carbons (Fsp3) is 0.600. The maximum absolute atomic E-state index is 12.6. The lowest BCUT2D eigenvalue weighted by atomic mass is 9.81. The summed E-state index contributed by atoms with van der Waals surface area (Å²) in [4.78, 5) is 0. The second-order valence-electron chi connectivity index (χ2n) is 5.51. The van der Waals surface area contributed by atoms with Crippen molar-refractivity contribution in [2.75, 3.05) is 0 Å². The van der Waals surface area contributed by atoms with Gasteiger partial charge < -0.3 is 5.32 Å². The molecule has 0 heterocycles. The van der Waals surface area contributed by atoms with E-state index >= 15 is 0 Å². The van der Waals surface area contributed by atoms with Crippen molar-refractivity contribution in [3.63, 3.8) is 0 Å². The van der Waals surface area contributed by atoms with Gasteiger partial charge in [-0.2, -0.15) is 13.2 Å². The summed E-state index contributed by atoms with van der Waals surface area (Å²) in [6.07, 6.45) is 0.794. The number of benzene rings is 1. The number of hydrogen-bond donors (Lipinski definition) is 1. The molecule has 1 aromatic carbocycles. The fourth-order valence-corrected chi connectivity index (χ4v) is 2.46. The van der Waals surface area contributed by atoms with Gasteiger partial charge in [-0.05, 0) is 30.9 Å². The summed E-state index contributed by atoms with van der Waals surface area (Å²) in [7, 11) is 0. The van der Waals surface area contributed by atoms with Gasteiger partial charge in [0.05, 0.1) is 5.56 Å². The summed E-state index contributed by atoms with van der Waals surface area (Å²) in [5.41, 5.74) is 0.119. The zero-order valence-electron chi connectivity index (χ0n) is 11.1. The van der Waals surface area contributed by atoms with Crippen molar-refractivity contribution in [2.24, 2.45) is 5.92 Å². The van der Waals surface area contributed by atoms with E-state index in [4.69, 9.17) is 0 Å². The van der Waals surface area contributed by atoms with E-state index in [1.165, 1.54) is 31.4 Å². The van der Waals surface area contributed by atoms with Gasteiger partial charge in [-0.1, -0.05) is 37.5 Å². The molecule has 0 aromatic heterocycles. The van der Waals surface area contributed by atoms with Crippen LogP contribution in [0.2, 0.25) is 0 Å². The summed E-state index contributed by atoms with van der Waals surface area (Å²) in [6, 6.07) is 5.90. The molecule has 0 radical (unpaired) electrons. The maximum Gasteiger partial charge on any atom is 0.416 e. The van der Waals surface area contributed by atoms with Crippen molar-refractivity contribution < 1.29 is 13.2 Å². The first-order valence-electron chi connectivity index (χ1n) is 6.84. The van der Waals surface area contributed by atoms with E-state index in [1.54, 1.807) is 6.07 Å². The summed E-state index contributed by atoms with van der Waals surface area (Å²) < 4.78 is 37.7. The Kier molecular flexibility index (Phi) is 4.50. The van der Waals surface area contributed by atoms with Gasteiger partial charge in [0.25, 0.3) is 0 Å². The SMILES string of the molecule is CC(CC1CCC1)NCc1cccc(C(F)(F)F)c1. The molecule has 1 fully saturated rings. The molecule has 1 aliphatic rings. The molecule has 1 unspecified atom stereocenters. The van der Waals surface area contributed by atoms with Crippen LogP contribution in [0.3, 0.4) is 0 Å². The molecule has 0 spiro atoms. The Morgan fingerprint density at radius 3 is 2.63 bits per heavy atom. The molecule has 0 bridgehead atoms. The minimum absolute atomic E-state index is 0.361. The largest absolute Gasteiger partial charge is 0.416 e. The number of alkyl halides is 3. The van der Waals surface area contributed by atoms with Gasteiger partial charge >= 0.3 is 6.18 Å². The van der Waals surface area contributed by atoms with Crippen LogP contribution in [0.15, 0.2) is 24.3 Å². The van der Waals surface area contributed by atoms with Crippen LogP contribution >= 0.6 is 0 Å². The van der Waals surface area contributed by atoms with Crippen LogP contribution in [-0.4, -0.2) is 6.04 Å². The first-order chi connectivity index (χ1) is 8.95. The van der Waals surface area contributed by atoms with E-state index in [9.17, 15) is 13.2 Å². The minimum atomic E-state index is -4.26. The Morgan fingerprint density at radius 2 is 2.05 bits per heavy atom. The number of rotatable bonds is 5. The molecular weight excluding hydrogens is 251 g/mol. The smallest absolute Gasteiger partial charge is 0.310 e. The van der Waals surface area contributed by atoms with Crippen LogP contribution in [-0.2, 0) is 12.7 Å². The summed E-state index contributed by atoms with van der Waals surface area (Å²) in [6.45, 7) is 2.60. The predicted octanol–water partition coefficient (Wildman–Crippen LogP) is 4.37. The van der Waals surface area contributed by atoms with Gasteiger partial charge in [0, 0.05) is 12.6 Å². The quantitative estimate of drug-likeness (QED) is 0.838. The zero-order valence-corrected chi connectivity index (χ0v) is 11.1. The number of hydrogen-bond acceptors (Lipinski definition) is 1. The highest BCUT2D eigenvalue weighted by Crippen LogP contribution is 2.31. The molecule has 1 nitrogen and oxygen atoms in total. The molecular formula is C15H20F3N. The molecule has 19 heavy (non-hydrogen) atoms. The Hall–Kier alpha value is -1.03. The van der Waals surface area contributed by atoms with Crippen molar-refractivity contribution >= 4 is 0 Å². The van der Waals surface area contributed by atoms with E-state index < -0.39 is 11.7 Å². The normalized spacial score (nSPS) is 18.1. The summed E-state index contributed by atoms with van der Waals surface area (Å²) >= 11 is 0. The van der Waals surface area contributed by atoms with E-state index in [2.05, 4.69) is 12.2 Å². The Balaban J connectivity index is 1.84. The van der Waals surface area contributed by atoms with Crippen molar-refractivity contribution in [1.82, 2.24) is 5.32 Å². The highest BCUT2D eigenvalue weighted by molar-refractivity contribution is 5.25. The topological polar surface area (TPSA) is 12.0 Å². The van der Waals surface area contributed by atoms with Crippen LogP contribution in [0.5, 0.6) is 0 Å². The molecule has 1 aromatic rings. The summed E-state index contributed by atoms with van der Waals surface area (Å²) in [5, 5.41) is 3.31. The molecule has 0 aliphatic heterocycles. The molecule has 2 rings (SSSR count). The summed E-state index contributed by atoms with van der Waals surface area (Å²) in [5.74, 6) is 0.809. The molecule has 0 amide bonds. The highest BCUT2D eigenvalue weighted by atomic mass is 19.4. The third kappa shape index (κ3) is 4.23. The Labute approximate surface area is 112 Å². The molecule has 0 saturated heterocycles. The lowest BCUT2D eigenvalue weighted by molar-refractivity contribution is -0.137. The average molecular weight is 271 g/mol. The van der Waals surface area contributed by atoms with Gasteiger partial charge in [-0.25, -0.2) is 0 Å². The lowest BCUT2D eigenvalue weighted by Gasteiger charge is -2.28. The molecule has 1 saturated carbocycles. The molecule has 106 valence electrons. The first-order valence-corrected chi connectivity index (χ1v) is 6.84. The predicted molar refractivity (Wildman–Crippen MR) is 69.7 cm³/mol. The third-order valence-corrected chi connectivity index (χ3v) is 3.82. The Morgan fingerprint density at radius 1 is 1.32 bits per heavy atom. The van der Waals surface area contributed by atoms with E-state index in [1.807, 2.05) is 0 Å². The van der Waals surface area contributed by atoms with Crippen molar-refractivity contribution in [2.45, 2.75) is 51.4 Å². The zero-order chi connectivity index (χ0) is 13.9. The lowest BCUT2D eigenvalue weighted by Crippen LogP contribution is -2.29. The van der Waals surface area contributed by atoms with Crippen LogP contribution in [0.1, 0.15) is 43.7 Å². The van der Waals surface area contributed by atoms with Crippen molar-refractivity contribution in [3.8, 4) is 0 Å². The number of halogens is 3. The fourth-order valence-electron chi connectivity index (χ4n) is 2.46. The molecule has 1 N–H and O–H groups in total. The van der Waals surface area contributed by atoms with Gasteiger partial charge in [0.1, 0.15) is 0 Å². The van der Waals surface area contributed by atoms with E-state index in [0.717, 1.165) is 18.4 Å². The number of nitrogens with one attached hydrogen (secondary N) is 1. The second-order valence-corrected chi connectivity index (χ2v) is 5.51. The third-order valence-electron chi connectivity index (χ3n) is 3.82. The maximum atomic E-state index is 12.6. The van der Waals surface area contributed by atoms with Gasteiger partial charge in [-0.15, -0.1) is 0 Å². The van der Waals surface area contributed by atoms with Gasteiger partial charge in [-0.3, -0.25) is 0 Å². The second kappa shape index (κ2) is 5.95. The van der Waals surface area contributed by atoms with Crippen LogP contribution in [0, 0.1) is 5.92 Å². The monoisotopic (exact) mass is 271 g/mol. The first kappa shape index (κ1) is 14.4. The van der Waals surface area contributed by atoms with Gasteiger partial charge in [0.15, 0.2) is 0 Å².